The van der Waals surface area contributed by atoms with E-state index < -0.39 is 0 Å². The molecule has 12 heavy (non-hydrogen) atoms. The summed E-state index contributed by atoms with van der Waals surface area (Å²) in [5.41, 5.74) is 0.493. The number of halogens is 1. The molecule has 0 aromatic heterocycles. The van der Waals surface area contributed by atoms with E-state index in [0.29, 0.717) is 26.6 Å². The summed E-state index contributed by atoms with van der Waals surface area (Å²) in [5, 5.41) is 0. The molecule has 0 amide bonds. The van der Waals surface area contributed by atoms with E-state index >= 15 is 0 Å². The van der Waals surface area contributed by atoms with Crippen LogP contribution in [0.15, 0.2) is 7.66 Å². The van der Waals surface area contributed by atoms with Gasteiger partial charge in [0.1, 0.15) is 0 Å². The number of hydrogen-bond acceptors (Lipinski definition) is 0. The van der Waals surface area contributed by atoms with Crippen molar-refractivity contribution in [2.24, 2.45) is 11.3 Å². The molecule has 0 saturated carbocycles. The Labute approximate surface area is 85.1 Å². The second-order valence-electron chi connectivity index (χ2n) is 3.82. The van der Waals surface area contributed by atoms with Crippen LogP contribution in [0.5, 0.6) is 0 Å². The van der Waals surface area contributed by atoms with E-state index in [1.807, 2.05) is 0 Å². The number of rotatable bonds is 2. The summed E-state index contributed by atoms with van der Waals surface area (Å²) < 4.78 is 4.26. The van der Waals surface area contributed by atoms with E-state index in [1.165, 1.54) is 6.42 Å². The average Bonchev–Trinajstić information content (AvgIpc) is 2.87. The SMILES string of the molecule is CCC1CC#CC[C@]1(C)C1=C[I-]1. The van der Waals surface area contributed by atoms with Gasteiger partial charge < -0.3 is 0 Å². The van der Waals surface area contributed by atoms with Gasteiger partial charge in [0.2, 0.25) is 0 Å². The molecule has 0 aromatic carbocycles. The molecule has 1 heterocycles. The van der Waals surface area contributed by atoms with Crippen LogP contribution in [0.25, 0.3) is 0 Å². The fraction of sp³-hybridized carbons (Fsp3) is 0.636. The third-order valence-corrected chi connectivity index (χ3v) is 5.56. The molecule has 0 bridgehead atoms. The molecule has 1 aliphatic heterocycles. The zero-order chi connectivity index (χ0) is 8.60. The molecule has 0 spiro atoms. The summed E-state index contributed by atoms with van der Waals surface area (Å²) >= 11 is 0.390. The fourth-order valence-electron chi connectivity index (χ4n) is 1.96. The van der Waals surface area contributed by atoms with E-state index in [1.54, 1.807) is 3.58 Å². The molecule has 0 fully saturated rings. The van der Waals surface area contributed by atoms with Crippen molar-refractivity contribution in [2.75, 3.05) is 0 Å². The van der Waals surface area contributed by atoms with Gasteiger partial charge in [0.05, 0.1) is 0 Å². The van der Waals surface area contributed by atoms with E-state index in [4.69, 9.17) is 0 Å². The first-order chi connectivity index (χ1) is 5.77. The van der Waals surface area contributed by atoms with Crippen molar-refractivity contribution in [3.8, 4) is 11.8 Å². The molecular weight excluding hydrogens is 259 g/mol. The minimum absolute atomic E-state index is 0.390. The van der Waals surface area contributed by atoms with Crippen molar-refractivity contribution in [1.29, 1.82) is 0 Å². The zero-order valence-electron chi connectivity index (χ0n) is 7.65. The van der Waals surface area contributed by atoms with Crippen molar-refractivity contribution in [2.45, 2.75) is 33.1 Å². The Morgan fingerprint density at radius 3 is 3.00 bits per heavy atom. The molecule has 2 rings (SSSR count). The summed E-state index contributed by atoms with van der Waals surface area (Å²) in [6, 6.07) is 0. The van der Waals surface area contributed by atoms with E-state index in [-0.39, 0.29) is 0 Å². The van der Waals surface area contributed by atoms with Gasteiger partial charge in [-0.2, -0.15) is 0 Å². The van der Waals surface area contributed by atoms with Gasteiger partial charge in [-0.15, -0.1) is 0 Å². The number of hydrogen-bond donors (Lipinski definition) is 0. The first-order valence-corrected chi connectivity index (χ1v) is 6.89. The second kappa shape index (κ2) is 3.06. The van der Waals surface area contributed by atoms with Crippen molar-refractivity contribution in [3.05, 3.63) is 7.66 Å². The zero-order valence-corrected chi connectivity index (χ0v) is 9.81. The van der Waals surface area contributed by atoms with Crippen LogP contribution in [0.1, 0.15) is 33.1 Å². The van der Waals surface area contributed by atoms with Crippen LogP contribution in [0.2, 0.25) is 0 Å². The van der Waals surface area contributed by atoms with Crippen molar-refractivity contribution < 1.29 is 21.2 Å². The maximum atomic E-state index is 3.29. The van der Waals surface area contributed by atoms with E-state index in [9.17, 15) is 0 Å². The van der Waals surface area contributed by atoms with Crippen molar-refractivity contribution in [3.63, 3.8) is 0 Å². The Balaban J connectivity index is 2.22. The predicted molar refractivity (Wildman–Crippen MR) is 47.0 cm³/mol. The summed E-state index contributed by atoms with van der Waals surface area (Å²) in [6.45, 7) is 4.73. The molecule has 0 aromatic rings. The van der Waals surface area contributed by atoms with Crippen LogP contribution in [0.4, 0.5) is 0 Å². The third kappa shape index (κ3) is 1.31. The van der Waals surface area contributed by atoms with Gasteiger partial charge >= 0.3 is 85.2 Å². The molecule has 0 N–H and O–H groups in total. The standard InChI is InChI=1S/C11H14I/c1-3-9-6-4-5-7-11(9,2)10-8-12-10/h8-9H,3,6-7H2,1-2H3/q-1/t9?,11-/m0/s1. The Morgan fingerprint density at radius 1 is 1.67 bits per heavy atom. The second-order valence-corrected chi connectivity index (χ2v) is 6.23. The molecule has 2 atom stereocenters. The Hall–Kier alpha value is 0.0300. The normalized spacial score (nSPS) is 38.8. The van der Waals surface area contributed by atoms with Crippen LogP contribution in [-0.4, -0.2) is 0 Å². The predicted octanol–water partition coefficient (Wildman–Crippen LogP) is -0.240. The van der Waals surface area contributed by atoms with E-state index in [0.717, 1.165) is 18.8 Å². The van der Waals surface area contributed by atoms with Gasteiger partial charge in [0.25, 0.3) is 0 Å². The number of allylic oxidation sites excluding steroid dienone is 1. The summed E-state index contributed by atoms with van der Waals surface area (Å²) in [7, 11) is 0. The van der Waals surface area contributed by atoms with Gasteiger partial charge in [-0.1, -0.05) is 0 Å². The average molecular weight is 273 g/mol. The molecule has 0 radical (unpaired) electrons. The molecule has 1 aliphatic carbocycles. The summed E-state index contributed by atoms with van der Waals surface area (Å²) in [6.07, 6.45) is 3.55. The van der Waals surface area contributed by atoms with Gasteiger partial charge in [0, 0.05) is 0 Å². The van der Waals surface area contributed by atoms with Gasteiger partial charge in [-0.3, -0.25) is 0 Å². The molecule has 1 heteroatoms. The fourth-order valence-corrected chi connectivity index (χ4v) is 4.17. The Morgan fingerprint density at radius 2 is 2.42 bits per heavy atom. The summed E-state index contributed by atoms with van der Waals surface area (Å²) in [5.74, 6) is 7.39. The topological polar surface area (TPSA) is 0 Å². The molecule has 0 nitrogen and oxygen atoms in total. The maximum absolute atomic E-state index is 3.29. The van der Waals surface area contributed by atoms with Gasteiger partial charge in [-0.05, 0) is 0 Å². The van der Waals surface area contributed by atoms with Crippen LogP contribution < -0.4 is 21.2 Å². The quantitative estimate of drug-likeness (QED) is 0.481. The summed E-state index contributed by atoms with van der Waals surface area (Å²) in [4.78, 5) is 0. The van der Waals surface area contributed by atoms with Crippen LogP contribution in [0.3, 0.4) is 0 Å². The first-order valence-electron chi connectivity index (χ1n) is 4.57. The molecule has 0 saturated heterocycles. The third-order valence-electron chi connectivity index (χ3n) is 3.09. The van der Waals surface area contributed by atoms with Crippen LogP contribution in [-0.2, 0) is 0 Å². The molecule has 2 aliphatic rings. The van der Waals surface area contributed by atoms with Gasteiger partial charge in [0.15, 0.2) is 0 Å². The van der Waals surface area contributed by atoms with Crippen LogP contribution in [0, 0.1) is 23.2 Å². The Bertz CT molecular complexity index is 279. The van der Waals surface area contributed by atoms with Crippen molar-refractivity contribution in [1.82, 2.24) is 0 Å². The van der Waals surface area contributed by atoms with Gasteiger partial charge in [-0.25, -0.2) is 0 Å². The van der Waals surface area contributed by atoms with Crippen LogP contribution >= 0.6 is 0 Å². The minimum atomic E-state index is 0.390. The van der Waals surface area contributed by atoms with Crippen molar-refractivity contribution >= 4 is 0 Å². The molecular formula is C11H14I-. The molecule has 1 unspecified atom stereocenters. The monoisotopic (exact) mass is 273 g/mol. The Kier molecular flexibility index (Phi) is 2.20. The molecule has 66 valence electrons. The first kappa shape index (κ1) is 8.62. The van der Waals surface area contributed by atoms with E-state index in [2.05, 4.69) is 29.8 Å².